The number of nitrogens with one attached hydrogen (secondary N) is 2. The normalized spacial score (nSPS) is 12.1. The quantitative estimate of drug-likeness (QED) is 0.253. The highest BCUT2D eigenvalue weighted by molar-refractivity contribution is 7.97. The lowest BCUT2D eigenvalue weighted by Crippen LogP contribution is -2.13. The molecule has 0 bridgehead atoms. The summed E-state index contributed by atoms with van der Waals surface area (Å²) in [5, 5.41) is 4.18. The third-order valence-corrected chi connectivity index (χ3v) is 6.21. The van der Waals surface area contributed by atoms with Gasteiger partial charge in [0.1, 0.15) is 11.3 Å². The predicted molar refractivity (Wildman–Crippen MR) is 132 cm³/mol. The van der Waals surface area contributed by atoms with Crippen molar-refractivity contribution in [1.82, 2.24) is 4.89 Å². The fraction of sp³-hybridized carbons (Fsp3) is 0.192. The highest BCUT2D eigenvalue weighted by Crippen LogP contribution is 2.33. The van der Waals surface area contributed by atoms with Crippen LogP contribution in [-0.2, 0) is 4.84 Å². The van der Waals surface area contributed by atoms with E-state index in [2.05, 4.69) is 23.2 Å². The van der Waals surface area contributed by atoms with E-state index in [1.165, 1.54) is 11.9 Å². The van der Waals surface area contributed by atoms with E-state index >= 15 is 0 Å². The van der Waals surface area contributed by atoms with Gasteiger partial charge in [-0.3, -0.25) is 9.63 Å². The SMILES string of the molecule is CONSc1ccccc1NC(C)c1cc(C)cc2c(=O)c(C)c(-c3ccccc3)oc12. The summed E-state index contributed by atoms with van der Waals surface area (Å²) in [5.41, 5.74) is 5.05. The monoisotopic (exact) mass is 446 g/mol. The van der Waals surface area contributed by atoms with E-state index in [1.807, 2.05) is 74.5 Å². The third-order valence-electron chi connectivity index (χ3n) is 5.39. The molecular weight excluding hydrogens is 420 g/mol. The van der Waals surface area contributed by atoms with Crippen LogP contribution < -0.4 is 15.6 Å². The standard InChI is InChI=1S/C26H26N2O3S/c1-16-14-20(18(3)27-22-12-8-9-13-23(22)32-28-30-4)26-21(15-16)24(29)17(2)25(31-26)19-10-6-5-7-11-19/h5-15,18,27-28H,1-4H3. The van der Waals surface area contributed by atoms with Crippen molar-refractivity contribution in [1.29, 1.82) is 0 Å². The zero-order valence-electron chi connectivity index (χ0n) is 18.6. The summed E-state index contributed by atoms with van der Waals surface area (Å²) in [5.74, 6) is 0.612. The van der Waals surface area contributed by atoms with E-state index in [0.29, 0.717) is 22.3 Å². The maximum atomic E-state index is 13.3. The summed E-state index contributed by atoms with van der Waals surface area (Å²) in [6.07, 6.45) is 0. The summed E-state index contributed by atoms with van der Waals surface area (Å²) in [7, 11) is 1.58. The number of fused-ring (bicyclic) bond motifs is 1. The molecule has 0 aliphatic rings. The first-order valence-electron chi connectivity index (χ1n) is 10.4. The predicted octanol–water partition coefficient (Wildman–Crippen LogP) is 6.41. The lowest BCUT2D eigenvalue weighted by atomic mass is 9.99. The summed E-state index contributed by atoms with van der Waals surface area (Å²) < 4.78 is 6.42. The lowest BCUT2D eigenvalue weighted by Gasteiger charge is -2.20. The molecule has 1 atom stereocenters. The van der Waals surface area contributed by atoms with Crippen LogP contribution >= 0.6 is 11.9 Å². The molecule has 32 heavy (non-hydrogen) atoms. The number of aryl methyl sites for hydroxylation is 1. The molecule has 0 fully saturated rings. The number of benzene rings is 3. The fourth-order valence-electron chi connectivity index (χ4n) is 3.83. The van der Waals surface area contributed by atoms with Crippen LogP contribution in [0.4, 0.5) is 5.69 Å². The number of hydrogen-bond donors (Lipinski definition) is 2. The van der Waals surface area contributed by atoms with E-state index < -0.39 is 0 Å². The van der Waals surface area contributed by atoms with Gasteiger partial charge < -0.3 is 9.73 Å². The molecule has 0 aliphatic heterocycles. The van der Waals surface area contributed by atoms with E-state index in [0.717, 1.165) is 27.3 Å². The number of para-hydroxylation sites is 1. The van der Waals surface area contributed by atoms with Crippen molar-refractivity contribution >= 4 is 28.6 Å². The van der Waals surface area contributed by atoms with Gasteiger partial charge in [-0.1, -0.05) is 48.5 Å². The molecule has 0 spiro atoms. The zero-order valence-corrected chi connectivity index (χ0v) is 19.4. The molecule has 0 saturated heterocycles. The topological polar surface area (TPSA) is 63.5 Å². The van der Waals surface area contributed by atoms with Crippen molar-refractivity contribution in [2.45, 2.75) is 31.7 Å². The van der Waals surface area contributed by atoms with Gasteiger partial charge in [0.2, 0.25) is 0 Å². The maximum Gasteiger partial charge on any atom is 0.196 e. The van der Waals surface area contributed by atoms with E-state index in [1.54, 1.807) is 7.11 Å². The van der Waals surface area contributed by atoms with Crippen molar-refractivity contribution in [2.75, 3.05) is 12.4 Å². The molecule has 0 saturated carbocycles. The van der Waals surface area contributed by atoms with Crippen molar-refractivity contribution in [3.05, 3.63) is 93.6 Å². The second-order valence-electron chi connectivity index (χ2n) is 7.73. The molecule has 0 amide bonds. The first kappa shape index (κ1) is 22.1. The summed E-state index contributed by atoms with van der Waals surface area (Å²) in [6, 6.07) is 21.6. The van der Waals surface area contributed by atoms with Gasteiger partial charge in [-0.25, -0.2) is 0 Å². The molecule has 0 aliphatic carbocycles. The van der Waals surface area contributed by atoms with Crippen molar-refractivity contribution in [3.8, 4) is 11.3 Å². The van der Waals surface area contributed by atoms with Crippen molar-refractivity contribution < 1.29 is 9.25 Å². The van der Waals surface area contributed by atoms with Gasteiger partial charge in [-0.2, -0.15) is 0 Å². The zero-order chi connectivity index (χ0) is 22.7. The molecule has 0 radical (unpaired) electrons. The molecule has 1 aromatic heterocycles. The Balaban J connectivity index is 1.82. The first-order valence-corrected chi connectivity index (χ1v) is 11.2. The molecule has 1 heterocycles. The van der Waals surface area contributed by atoms with Crippen LogP contribution in [0.5, 0.6) is 0 Å². The van der Waals surface area contributed by atoms with Gasteiger partial charge in [0.25, 0.3) is 0 Å². The molecular formula is C26H26N2O3S. The van der Waals surface area contributed by atoms with Crippen LogP contribution in [0.25, 0.3) is 22.3 Å². The number of anilines is 1. The van der Waals surface area contributed by atoms with Crippen LogP contribution in [0.3, 0.4) is 0 Å². The molecule has 6 heteroatoms. The van der Waals surface area contributed by atoms with Crippen LogP contribution in [-0.4, -0.2) is 7.11 Å². The molecule has 2 N–H and O–H groups in total. The van der Waals surface area contributed by atoms with Crippen LogP contribution in [0.15, 0.2) is 80.8 Å². The minimum absolute atomic E-state index is 0.00232. The van der Waals surface area contributed by atoms with Crippen molar-refractivity contribution in [3.63, 3.8) is 0 Å². The van der Waals surface area contributed by atoms with Crippen LogP contribution in [0.1, 0.15) is 29.7 Å². The van der Waals surface area contributed by atoms with Crippen LogP contribution in [0, 0.1) is 13.8 Å². The van der Waals surface area contributed by atoms with Gasteiger partial charge >= 0.3 is 0 Å². The Morgan fingerprint density at radius 1 is 1.00 bits per heavy atom. The Morgan fingerprint density at radius 3 is 2.47 bits per heavy atom. The summed E-state index contributed by atoms with van der Waals surface area (Å²) >= 11 is 1.39. The highest BCUT2D eigenvalue weighted by Gasteiger charge is 2.19. The Bertz CT molecular complexity index is 1300. The van der Waals surface area contributed by atoms with Crippen LogP contribution in [0.2, 0.25) is 0 Å². The maximum absolute atomic E-state index is 13.3. The van der Waals surface area contributed by atoms with Gasteiger partial charge in [-0.05, 0) is 56.5 Å². The molecule has 1 unspecified atom stereocenters. The second-order valence-corrected chi connectivity index (χ2v) is 8.54. The largest absolute Gasteiger partial charge is 0.455 e. The van der Waals surface area contributed by atoms with E-state index in [4.69, 9.17) is 9.25 Å². The Morgan fingerprint density at radius 2 is 1.72 bits per heavy atom. The van der Waals surface area contributed by atoms with E-state index in [9.17, 15) is 4.79 Å². The summed E-state index contributed by atoms with van der Waals surface area (Å²) in [6.45, 7) is 5.90. The minimum Gasteiger partial charge on any atom is -0.455 e. The van der Waals surface area contributed by atoms with Gasteiger partial charge in [0.05, 0.1) is 18.5 Å². The first-order chi connectivity index (χ1) is 15.5. The average Bonchev–Trinajstić information content (AvgIpc) is 2.81. The molecule has 5 nitrogen and oxygen atoms in total. The highest BCUT2D eigenvalue weighted by atomic mass is 32.2. The van der Waals surface area contributed by atoms with E-state index in [-0.39, 0.29) is 11.5 Å². The smallest absolute Gasteiger partial charge is 0.196 e. The van der Waals surface area contributed by atoms with Gasteiger partial charge in [-0.15, -0.1) is 4.89 Å². The molecule has 4 rings (SSSR count). The summed E-state index contributed by atoms with van der Waals surface area (Å²) in [4.78, 5) is 22.1. The molecule has 164 valence electrons. The lowest BCUT2D eigenvalue weighted by molar-refractivity contribution is 0.163. The van der Waals surface area contributed by atoms with Gasteiger partial charge in [0.15, 0.2) is 5.43 Å². The van der Waals surface area contributed by atoms with Crippen molar-refractivity contribution in [2.24, 2.45) is 0 Å². The van der Waals surface area contributed by atoms with Gasteiger partial charge in [0, 0.05) is 27.3 Å². The Hall–Kier alpha value is -3.06. The second kappa shape index (κ2) is 9.61. The molecule has 4 aromatic rings. The number of hydrogen-bond acceptors (Lipinski definition) is 6. The third kappa shape index (κ3) is 4.43. The number of rotatable bonds is 7. The fourth-order valence-corrected chi connectivity index (χ4v) is 4.38. The molecule has 3 aromatic carbocycles. The Labute approximate surface area is 191 Å². The Kier molecular flexibility index (Phi) is 6.65. The average molecular weight is 447 g/mol. The minimum atomic E-state index is -0.101.